The first-order valence-corrected chi connectivity index (χ1v) is 6.94. The summed E-state index contributed by atoms with van der Waals surface area (Å²) in [5, 5.41) is -3.51. The van der Waals surface area contributed by atoms with Gasteiger partial charge in [-0.1, -0.05) is 0 Å². The van der Waals surface area contributed by atoms with Gasteiger partial charge in [-0.2, -0.15) is 0 Å². The fraction of sp³-hybridized carbons (Fsp3) is 0. The third-order valence-electron chi connectivity index (χ3n) is 0. The first-order chi connectivity index (χ1) is 2.00. The van der Waals surface area contributed by atoms with Crippen LogP contribution >= 0.6 is 5.17 Å². The average molecular weight is 205 g/mol. The number of hydrogen-bond acceptors (Lipinski definition) is 1. The van der Waals surface area contributed by atoms with Crippen LogP contribution in [0.1, 0.15) is 0 Å². The Morgan fingerprint density at radius 3 is 1.60 bits per heavy atom. The van der Waals surface area contributed by atoms with Gasteiger partial charge >= 0.3 is 42.0 Å². The van der Waals surface area contributed by atoms with Crippen LogP contribution in [-0.2, 0) is 4.57 Å². The molecule has 0 aromatic carbocycles. The van der Waals surface area contributed by atoms with Crippen LogP contribution in [-0.4, -0.2) is 32.3 Å². The molecule has 0 rings (SSSR count). The van der Waals surface area contributed by atoms with Gasteiger partial charge in [0.1, 0.15) is 0 Å². The van der Waals surface area contributed by atoms with Gasteiger partial charge < -0.3 is 0 Å². The van der Waals surface area contributed by atoms with Gasteiger partial charge in [-0.3, -0.25) is 0 Å². The third-order valence-corrected chi connectivity index (χ3v) is 0. The molecule has 0 bridgehead atoms. The summed E-state index contributed by atoms with van der Waals surface area (Å²) in [4.78, 5) is 15.4. The van der Waals surface area contributed by atoms with Gasteiger partial charge in [-0.15, -0.1) is 0 Å². The van der Waals surface area contributed by atoms with Gasteiger partial charge in [-0.25, -0.2) is 0 Å². The maximum atomic E-state index is 9.38. The van der Waals surface area contributed by atoms with Crippen LogP contribution in [0.4, 0.5) is 0 Å². The fourth-order valence-electron chi connectivity index (χ4n) is 0. The van der Waals surface area contributed by atoms with Crippen molar-refractivity contribution in [3.05, 3.63) is 0 Å². The second-order valence-corrected chi connectivity index (χ2v) is 7.53. The quantitative estimate of drug-likeness (QED) is 0.382. The molecular weight excluding hydrogens is 201 g/mol. The molecule has 2 N–H and O–H groups in total. The Balaban J connectivity index is 3.47. The normalized spacial score (nSPS) is 11.8. The van der Waals surface area contributed by atoms with Crippen LogP contribution in [0.5, 0.6) is 0 Å². The van der Waals surface area contributed by atoms with Crippen LogP contribution in [0.3, 0.4) is 0 Å². The first-order valence-electron chi connectivity index (χ1n) is 0.841. The zero-order valence-corrected chi connectivity index (χ0v) is 6.52. The van der Waals surface area contributed by atoms with Crippen LogP contribution < -0.4 is 0 Å². The number of hydrogen-bond donors (Lipinski definition) is 2. The van der Waals surface area contributed by atoms with E-state index < -0.39 is 5.17 Å². The monoisotopic (exact) mass is 204 g/mol. The van der Waals surface area contributed by atoms with Gasteiger partial charge in [0.15, 0.2) is 0 Å². The molecular formula is H4O3PSb. The molecule has 0 saturated carbocycles. The van der Waals surface area contributed by atoms with Crippen molar-refractivity contribution in [3.8, 4) is 0 Å². The zero-order valence-electron chi connectivity index (χ0n) is 2.33. The van der Waals surface area contributed by atoms with Crippen molar-refractivity contribution in [3.63, 3.8) is 0 Å². The molecule has 5 heavy (non-hydrogen) atoms. The Hall–Kier alpha value is 0.968. The van der Waals surface area contributed by atoms with Crippen molar-refractivity contribution in [2.24, 2.45) is 0 Å². The van der Waals surface area contributed by atoms with E-state index >= 15 is 0 Å². The van der Waals surface area contributed by atoms with Crippen molar-refractivity contribution >= 4 is 27.6 Å². The van der Waals surface area contributed by atoms with Crippen LogP contribution in [0.15, 0.2) is 0 Å². The maximum absolute atomic E-state index is 9.38. The molecule has 0 aliphatic heterocycles. The molecule has 0 radical (unpaired) electrons. The zero-order chi connectivity index (χ0) is 4.50. The number of rotatable bonds is 0. The molecule has 0 spiro atoms. The Kier molecular flexibility index (Phi) is 1.92. The minimum absolute atomic E-state index is 0.0308. The molecule has 0 fully saturated rings. The van der Waals surface area contributed by atoms with Crippen LogP contribution in [0.2, 0.25) is 0 Å². The van der Waals surface area contributed by atoms with Crippen LogP contribution in [0.25, 0.3) is 0 Å². The molecule has 32 valence electrons. The predicted molar refractivity (Wildman–Crippen MR) is 20.6 cm³/mol. The second kappa shape index (κ2) is 1.61. The van der Waals surface area contributed by atoms with Crippen molar-refractivity contribution in [1.82, 2.24) is 0 Å². The third kappa shape index (κ3) is 46.7. The molecule has 5 heteroatoms. The van der Waals surface area contributed by atoms with Crippen molar-refractivity contribution in [2.75, 3.05) is 0 Å². The van der Waals surface area contributed by atoms with E-state index in [-0.39, 0.29) is 22.5 Å². The molecule has 0 atom stereocenters. The summed E-state index contributed by atoms with van der Waals surface area (Å²) in [7, 11) is 0. The predicted octanol–water partition coefficient (Wildman–Crippen LogP) is -1.29. The Labute approximate surface area is 42.4 Å². The van der Waals surface area contributed by atoms with Crippen molar-refractivity contribution in [1.29, 1.82) is 0 Å². The first kappa shape index (κ1) is 5.97. The topological polar surface area (TPSA) is 57.5 Å². The van der Waals surface area contributed by atoms with E-state index in [0.29, 0.717) is 0 Å². The van der Waals surface area contributed by atoms with Gasteiger partial charge in [0, 0.05) is 0 Å². The summed E-state index contributed by atoms with van der Waals surface area (Å²) < 4.78 is 9.38. The molecule has 0 heterocycles. The van der Waals surface area contributed by atoms with Gasteiger partial charge in [0.2, 0.25) is 0 Å². The average Bonchev–Trinajstić information content (AvgIpc) is 0.722. The van der Waals surface area contributed by atoms with E-state index in [2.05, 4.69) is 0 Å². The Morgan fingerprint density at radius 1 is 1.60 bits per heavy atom. The molecule has 0 aromatic heterocycles. The van der Waals surface area contributed by atoms with Gasteiger partial charge in [0.25, 0.3) is 0 Å². The van der Waals surface area contributed by atoms with E-state index in [1.54, 1.807) is 0 Å². The summed E-state index contributed by atoms with van der Waals surface area (Å²) in [5.74, 6) is 0. The summed E-state index contributed by atoms with van der Waals surface area (Å²) in [5.41, 5.74) is 0. The van der Waals surface area contributed by atoms with Gasteiger partial charge in [-0.05, 0) is 0 Å². The summed E-state index contributed by atoms with van der Waals surface area (Å²) in [6.45, 7) is 0. The van der Waals surface area contributed by atoms with E-state index in [1.165, 1.54) is 0 Å². The molecule has 0 aromatic rings. The summed E-state index contributed by atoms with van der Waals surface area (Å²) in [6, 6.07) is 0. The van der Waals surface area contributed by atoms with Crippen molar-refractivity contribution in [2.45, 2.75) is 0 Å². The molecule has 3 nitrogen and oxygen atoms in total. The van der Waals surface area contributed by atoms with E-state index in [0.717, 1.165) is 0 Å². The van der Waals surface area contributed by atoms with Crippen LogP contribution in [0, 0.1) is 0 Å². The SMILES string of the molecule is O=[P](O)(O)[SbH2]. The van der Waals surface area contributed by atoms with Crippen molar-refractivity contribution < 1.29 is 14.4 Å². The second-order valence-electron chi connectivity index (χ2n) is 0.589. The van der Waals surface area contributed by atoms with E-state index in [4.69, 9.17) is 9.79 Å². The molecule has 0 aliphatic rings. The molecule has 0 aliphatic carbocycles. The fourth-order valence-corrected chi connectivity index (χ4v) is 0. The standard InChI is InChI=1S/HO3P.Sb.2H/c1-4(2)3;;;/h(H-,1,2,3);;;/q;-1;;/p+1. The van der Waals surface area contributed by atoms with E-state index in [9.17, 15) is 4.57 Å². The Morgan fingerprint density at radius 2 is 1.60 bits per heavy atom. The molecule has 0 saturated heterocycles. The minimum atomic E-state index is -3.51. The van der Waals surface area contributed by atoms with Gasteiger partial charge in [0.05, 0.1) is 0 Å². The summed E-state index contributed by atoms with van der Waals surface area (Å²) >= 11 is 0.0308. The Bertz CT molecular complexity index is 53.0. The van der Waals surface area contributed by atoms with E-state index in [1.807, 2.05) is 0 Å². The molecule has 0 unspecified atom stereocenters. The summed E-state index contributed by atoms with van der Waals surface area (Å²) in [6.07, 6.45) is 0. The molecule has 0 amide bonds.